The molecule has 1 N–H and O–H groups in total. The highest BCUT2D eigenvalue weighted by Crippen LogP contribution is 2.26. The lowest BCUT2D eigenvalue weighted by atomic mass is 10.1. The van der Waals surface area contributed by atoms with Gasteiger partial charge in [-0.1, -0.05) is 6.92 Å². The Morgan fingerprint density at radius 2 is 2.30 bits per heavy atom. The molecule has 1 aliphatic rings. The molecule has 2 unspecified atom stereocenters. The first kappa shape index (κ1) is 16.0. The maximum atomic E-state index is 10.4. The van der Waals surface area contributed by atoms with Gasteiger partial charge in [0.25, 0.3) is 0 Å². The molecular formula is C17H23N3O3. The van der Waals surface area contributed by atoms with Crippen molar-refractivity contribution in [2.45, 2.75) is 38.8 Å². The standard InChI is InChI=1S/C17H23N3O3/c1-3-13-9-17(19-12(2)18-13)20-6-8-22-11-14(20)10-15(21)16-5-4-7-23-16/h4-5,7,9,14-15,21H,3,6,8,10-11H2,1-2H3. The topological polar surface area (TPSA) is 71.6 Å². The van der Waals surface area contributed by atoms with E-state index in [4.69, 9.17) is 9.15 Å². The van der Waals surface area contributed by atoms with Crippen molar-refractivity contribution in [2.24, 2.45) is 0 Å². The van der Waals surface area contributed by atoms with E-state index in [2.05, 4.69) is 21.8 Å². The van der Waals surface area contributed by atoms with E-state index in [-0.39, 0.29) is 6.04 Å². The van der Waals surface area contributed by atoms with Crippen molar-refractivity contribution in [3.05, 3.63) is 41.7 Å². The first-order chi connectivity index (χ1) is 11.2. The van der Waals surface area contributed by atoms with E-state index in [9.17, 15) is 5.11 Å². The van der Waals surface area contributed by atoms with E-state index in [1.54, 1.807) is 18.4 Å². The summed E-state index contributed by atoms with van der Waals surface area (Å²) in [6, 6.07) is 5.67. The number of rotatable bonds is 5. The van der Waals surface area contributed by atoms with Crippen LogP contribution < -0.4 is 4.90 Å². The Morgan fingerprint density at radius 1 is 1.43 bits per heavy atom. The number of hydrogen-bond donors (Lipinski definition) is 1. The number of aliphatic hydroxyl groups excluding tert-OH is 1. The lowest BCUT2D eigenvalue weighted by Crippen LogP contribution is -2.46. The largest absolute Gasteiger partial charge is 0.467 e. The maximum absolute atomic E-state index is 10.4. The average molecular weight is 317 g/mol. The van der Waals surface area contributed by atoms with Crippen LogP contribution in [-0.2, 0) is 11.2 Å². The molecule has 1 saturated heterocycles. The van der Waals surface area contributed by atoms with Gasteiger partial charge in [-0.05, 0) is 25.5 Å². The van der Waals surface area contributed by atoms with Crippen molar-refractivity contribution in [1.29, 1.82) is 0 Å². The summed E-state index contributed by atoms with van der Waals surface area (Å²) < 4.78 is 10.9. The fraction of sp³-hybridized carbons (Fsp3) is 0.529. The smallest absolute Gasteiger partial charge is 0.132 e. The number of hydrogen-bond acceptors (Lipinski definition) is 6. The number of aryl methyl sites for hydroxylation is 2. The van der Waals surface area contributed by atoms with Gasteiger partial charge in [0.05, 0.1) is 25.5 Å². The monoisotopic (exact) mass is 317 g/mol. The van der Waals surface area contributed by atoms with Crippen LogP contribution in [0.1, 0.15) is 36.7 Å². The van der Waals surface area contributed by atoms with Gasteiger partial charge in [-0.2, -0.15) is 0 Å². The molecule has 2 aromatic rings. The molecule has 1 aliphatic heterocycles. The van der Waals surface area contributed by atoms with Crippen LogP contribution in [0.3, 0.4) is 0 Å². The molecule has 23 heavy (non-hydrogen) atoms. The fourth-order valence-corrected chi connectivity index (χ4v) is 2.95. The van der Waals surface area contributed by atoms with E-state index in [0.29, 0.717) is 25.4 Å². The van der Waals surface area contributed by atoms with E-state index in [1.165, 1.54) is 0 Å². The molecule has 2 atom stereocenters. The second-order valence-corrected chi connectivity index (χ2v) is 5.81. The molecule has 0 spiro atoms. The molecule has 6 heteroatoms. The number of anilines is 1. The Morgan fingerprint density at radius 3 is 3.04 bits per heavy atom. The van der Waals surface area contributed by atoms with Gasteiger partial charge in [-0.15, -0.1) is 0 Å². The quantitative estimate of drug-likeness (QED) is 0.912. The molecule has 3 rings (SSSR count). The van der Waals surface area contributed by atoms with Gasteiger partial charge in [0, 0.05) is 24.7 Å². The van der Waals surface area contributed by atoms with Gasteiger partial charge in [0.1, 0.15) is 23.5 Å². The summed E-state index contributed by atoms with van der Waals surface area (Å²) in [7, 11) is 0. The predicted molar refractivity (Wildman–Crippen MR) is 86.4 cm³/mol. The van der Waals surface area contributed by atoms with Crippen molar-refractivity contribution in [2.75, 3.05) is 24.7 Å². The van der Waals surface area contributed by atoms with Crippen LogP contribution >= 0.6 is 0 Å². The Bertz CT molecular complexity index is 630. The number of aliphatic hydroxyl groups is 1. The van der Waals surface area contributed by atoms with Crippen molar-refractivity contribution in [3.63, 3.8) is 0 Å². The Hall–Kier alpha value is -1.92. The Balaban J connectivity index is 1.80. The fourth-order valence-electron chi connectivity index (χ4n) is 2.95. The van der Waals surface area contributed by atoms with Gasteiger partial charge in [-0.25, -0.2) is 9.97 Å². The first-order valence-electron chi connectivity index (χ1n) is 8.07. The first-order valence-corrected chi connectivity index (χ1v) is 8.07. The minimum Gasteiger partial charge on any atom is -0.467 e. The molecule has 1 fully saturated rings. The molecule has 6 nitrogen and oxygen atoms in total. The second kappa shape index (κ2) is 7.10. The van der Waals surface area contributed by atoms with Crippen LogP contribution in [-0.4, -0.2) is 40.9 Å². The van der Waals surface area contributed by atoms with E-state index in [1.807, 2.05) is 13.0 Å². The molecule has 0 bridgehead atoms. The second-order valence-electron chi connectivity index (χ2n) is 5.81. The van der Waals surface area contributed by atoms with Crippen LogP contribution in [0, 0.1) is 6.92 Å². The third-order valence-corrected chi connectivity index (χ3v) is 4.13. The van der Waals surface area contributed by atoms with Crippen molar-refractivity contribution in [1.82, 2.24) is 9.97 Å². The van der Waals surface area contributed by atoms with Crippen molar-refractivity contribution in [3.8, 4) is 0 Å². The molecule has 3 heterocycles. The van der Waals surface area contributed by atoms with Crippen molar-refractivity contribution >= 4 is 5.82 Å². The van der Waals surface area contributed by atoms with Gasteiger partial charge in [0.2, 0.25) is 0 Å². The van der Waals surface area contributed by atoms with E-state index in [0.717, 1.165) is 30.3 Å². The summed E-state index contributed by atoms with van der Waals surface area (Å²) in [6.07, 6.45) is 2.35. The van der Waals surface area contributed by atoms with Crippen LogP contribution in [0.25, 0.3) is 0 Å². The average Bonchev–Trinajstić information content (AvgIpc) is 3.09. The molecular weight excluding hydrogens is 294 g/mol. The summed E-state index contributed by atoms with van der Waals surface area (Å²) in [5.41, 5.74) is 1.03. The predicted octanol–water partition coefficient (Wildman–Crippen LogP) is 2.27. The zero-order chi connectivity index (χ0) is 16.2. The van der Waals surface area contributed by atoms with Crippen LogP contribution in [0.15, 0.2) is 28.9 Å². The van der Waals surface area contributed by atoms with Gasteiger partial charge in [0.15, 0.2) is 0 Å². The summed E-state index contributed by atoms with van der Waals surface area (Å²) in [5, 5.41) is 10.4. The third-order valence-electron chi connectivity index (χ3n) is 4.13. The summed E-state index contributed by atoms with van der Waals surface area (Å²) in [5.74, 6) is 2.27. The molecule has 0 saturated carbocycles. The highest BCUT2D eigenvalue weighted by atomic mass is 16.5. The number of nitrogens with zero attached hydrogens (tertiary/aromatic N) is 3. The number of ether oxygens (including phenoxy) is 1. The lowest BCUT2D eigenvalue weighted by molar-refractivity contribution is 0.0616. The van der Waals surface area contributed by atoms with E-state index < -0.39 is 6.10 Å². The van der Waals surface area contributed by atoms with Gasteiger partial charge >= 0.3 is 0 Å². The molecule has 0 radical (unpaired) electrons. The number of aromatic nitrogens is 2. The molecule has 0 amide bonds. The Kier molecular flexibility index (Phi) is 4.93. The minimum atomic E-state index is -0.646. The third kappa shape index (κ3) is 3.71. The van der Waals surface area contributed by atoms with Crippen LogP contribution in [0.4, 0.5) is 5.82 Å². The van der Waals surface area contributed by atoms with E-state index >= 15 is 0 Å². The Labute approximate surface area is 136 Å². The molecule has 0 aliphatic carbocycles. The summed E-state index contributed by atoms with van der Waals surface area (Å²) in [6.45, 7) is 5.99. The van der Waals surface area contributed by atoms with Gasteiger partial charge < -0.3 is 19.2 Å². The number of furan rings is 1. The number of morpholine rings is 1. The zero-order valence-corrected chi connectivity index (χ0v) is 13.6. The SMILES string of the molecule is CCc1cc(N2CCOCC2CC(O)c2ccco2)nc(C)n1. The summed E-state index contributed by atoms with van der Waals surface area (Å²) in [4.78, 5) is 11.2. The minimum absolute atomic E-state index is 0.0582. The molecule has 2 aromatic heterocycles. The molecule has 0 aromatic carbocycles. The van der Waals surface area contributed by atoms with Crippen LogP contribution in [0.2, 0.25) is 0 Å². The highest BCUT2D eigenvalue weighted by Gasteiger charge is 2.28. The normalized spacial score (nSPS) is 19.8. The van der Waals surface area contributed by atoms with Gasteiger partial charge in [-0.3, -0.25) is 0 Å². The zero-order valence-electron chi connectivity index (χ0n) is 13.6. The van der Waals surface area contributed by atoms with Crippen molar-refractivity contribution < 1.29 is 14.3 Å². The molecule has 124 valence electrons. The maximum Gasteiger partial charge on any atom is 0.132 e. The summed E-state index contributed by atoms with van der Waals surface area (Å²) >= 11 is 0. The lowest BCUT2D eigenvalue weighted by Gasteiger charge is -2.37. The highest BCUT2D eigenvalue weighted by molar-refractivity contribution is 5.42. The van der Waals surface area contributed by atoms with Crippen LogP contribution in [0.5, 0.6) is 0 Å².